The molecular weight excluding hydrogens is 477 g/mol. The molecule has 0 bridgehead atoms. The summed E-state index contributed by atoms with van der Waals surface area (Å²) in [6, 6.07) is 13.5. The third kappa shape index (κ3) is 4.64. The zero-order chi connectivity index (χ0) is 22.1. The zero-order valence-corrected chi connectivity index (χ0v) is 18.4. The predicted octanol–water partition coefficient (Wildman–Crippen LogP) is 5.04. The normalized spacial score (nSPS) is 18.1. The molecule has 0 radical (unpaired) electrons. The molecule has 2 atom stereocenters. The van der Waals surface area contributed by atoms with Crippen molar-refractivity contribution in [3.05, 3.63) is 60.4 Å². The van der Waals surface area contributed by atoms with E-state index in [-0.39, 0.29) is 11.5 Å². The maximum Gasteiger partial charge on any atom is 0.337 e. The van der Waals surface area contributed by atoms with Gasteiger partial charge in [-0.15, -0.1) is 11.6 Å². The van der Waals surface area contributed by atoms with Crippen molar-refractivity contribution < 1.29 is 14.0 Å². The topological polar surface area (TPSA) is 65.0 Å². The Balaban J connectivity index is 2.09. The molecule has 2 aromatic rings. The van der Waals surface area contributed by atoms with E-state index in [0.29, 0.717) is 5.69 Å². The molecule has 6 nitrogen and oxygen atoms in total. The molecule has 0 spiro atoms. The molecule has 0 saturated carbocycles. The maximum absolute atomic E-state index is 14.4. The van der Waals surface area contributed by atoms with Crippen molar-refractivity contribution in [3.63, 3.8) is 0 Å². The molecule has 30 heavy (non-hydrogen) atoms. The van der Waals surface area contributed by atoms with Gasteiger partial charge >= 0.3 is 6.03 Å². The summed E-state index contributed by atoms with van der Waals surface area (Å²) in [5.41, 5.74) is 0.437. The SMILES string of the molecule is CN1C(=O)C(=NC(Nc2ccccc2)C(Cl)C(Cl)(Cl)Cl)N(c2ccccc2F)C1=O. The van der Waals surface area contributed by atoms with Crippen molar-refractivity contribution in [2.45, 2.75) is 15.3 Å². The van der Waals surface area contributed by atoms with Crippen molar-refractivity contribution in [1.29, 1.82) is 0 Å². The number of aliphatic imine (C=N–C) groups is 1. The van der Waals surface area contributed by atoms with Gasteiger partial charge in [-0.25, -0.2) is 19.1 Å². The minimum absolute atomic E-state index is 0.141. The van der Waals surface area contributed by atoms with E-state index in [9.17, 15) is 14.0 Å². The van der Waals surface area contributed by atoms with Crippen LogP contribution in [0.25, 0.3) is 0 Å². The molecule has 0 aromatic heterocycles. The molecule has 2 unspecified atom stereocenters. The highest BCUT2D eigenvalue weighted by Crippen LogP contribution is 2.37. The first-order chi connectivity index (χ1) is 14.1. The average molecular weight is 492 g/mol. The number of carbonyl (C=O) groups is 2. The number of halogens is 5. The minimum atomic E-state index is -1.96. The number of nitrogens with zero attached hydrogens (tertiary/aromatic N) is 3. The van der Waals surface area contributed by atoms with Crippen LogP contribution in [0.15, 0.2) is 59.6 Å². The van der Waals surface area contributed by atoms with Gasteiger partial charge in [0, 0.05) is 12.7 Å². The van der Waals surface area contributed by atoms with Crippen LogP contribution in [0.4, 0.5) is 20.6 Å². The molecule has 11 heteroatoms. The maximum atomic E-state index is 14.4. The first-order valence-electron chi connectivity index (χ1n) is 8.58. The van der Waals surface area contributed by atoms with E-state index in [0.717, 1.165) is 15.9 Å². The summed E-state index contributed by atoms with van der Waals surface area (Å²) in [4.78, 5) is 31.3. The number of nitrogens with one attached hydrogen (secondary N) is 1. The Hall–Kier alpha value is -2.06. The molecule has 1 aliphatic rings. The smallest absolute Gasteiger partial charge is 0.337 e. The van der Waals surface area contributed by atoms with E-state index >= 15 is 0 Å². The van der Waals surface area contributed by atoms with Gasteiger partial charge in [0.15, 0.2) is 0 Å². The van der Waals surface area contributed by atoms with Crippen molar-refractivity contribution in [1.82, 2.24) is 4.90 Å². The number of amides is 3. The number of amidine groups is 1. The van der Waals surface area contributed by atoms with Crippen molar-refractivity contribution in [2.75, 3.05) is 17.3 Å². The fourth-order valence-corrected chi connectivity index (χ4v) is 3.20. The Labute approximate surface area is 192 Å². The Kier molecular flexibility index (Phi) is 6.77. The number of benzene rings is 2. The number of para-hydroxylation sites is 2. The highest BCUT2D eigenvalue weighted by Gasteiger charge is 2.45. The molecule has 0 aliphatic carbocycles. The van der Waals surface area contributed by atoms with Crippen LogP contribution in [-0.2, 0) is 4.79 Å². The first kappa shape index (κ1) is 22.6. The lowest BCUT2D eigenvalue weighted by Crippen LogP contribution is -2.40. The van der Waals surface area contributed by atoms with Crippen LogP contribution >= 0.6 is 46.4 Å². The second-order valence-corrected chi connectivity index (χ2v) is 9.12. The summed E-state index contributed by atoms with van der Waals surface area (Å²) < 4.78 is 12.4. The van der Waals surface area contributed by atoms with E-state index < -0.39 is 33.1 Å². The lowest BCUT2D eigenvalue weighted by atomic mass is 10.2. The van der Waals surface area contributed by atoms with Crippen molar-refractivity contribution in [2.24, 2.45) is 4.99 Å². The van der Waals surface area contributed by atoms with Crippen molar-refractivity contribution in [3.8, 4) is 0 Å². The molecular formula is C19H15Cl4FN4O2. The van der Waals surface area contributed by atoms with Gasteiger partial charge in [0.1, 0.15) is 17.4 Å². The van der Waals surface area contributed by atoms with Crippen molar-refractivity contribution >= 4 is 75.6 Å². The summed E-state index contributed by atoms with van der Waals surface area (Å²) in [6.07, 6.45) is -1.14. The number of imide groups is 1. The molecule has 3 rings (SSSR count). The number of hydrogen-bond acceptors (Lipinski definition) is 4. The number of rotatable bonds is 5. The van der Waals surface area contributed by atoms with Gasteiger partial charge in [-0.2, -0.15) is 0 Å². The molecule has 2 aromatic carbocycles. The molecule has 158 valence electrons. The van der Waals surface area contributed by atoms with E-state index in [1.165, 1.54) is 25.2 Å². The highest BCUT2D eigenvalue weighted by molar-refractivity contribution is 6.70. The standard InChI is InChI=1S/C19H15Cl4FN4O2/c1-27-17(29)16(28(18(27)30)13-10-6-5-9-12(13)24)26-15(14(20)19(21,22)23)25-11-7-3-2-4-8-11/h2-10,14-15,25H,1H3. The van der Waals surface area contributed by atoms with Gasteiger partial charge in [-0.05, 0) is 24.3 Å². The Morgan fingerprint density at radius 1 is 1.03 bits per heavy atom. The predicted molar refractivity (Wildman–Crippen MR) is 118 cm³/mol. The average Bonchev–Trinajstić information content (AvgIpc) is 2.91. The van der Waals surface area contributed by atoms with Crippen LogP contribution in [0.3, 0.4) is 0 Å². The number of carbonyl (C=O) groups excluding carboxylic acids is 2. The monoisotopic (exact) mass is 490 g/mol. The van der Waals surface area contributed by atoms with Crippen LogP contribution < -0.4 is 10.2 Å². The summed E-state index contributed by atoms with van der Waals surface area (Å²) in [6.45, 7) is 0. The number of hydrogen-bond donors (Lipinski definition) is 1. The fourth-order valence-electron chi connectivity index (χ4n) is 2.72. The largest absolute Gasteiger partial charge is 0.362 e. The Bertz CT molecular complexity index is 984. The number of likely N-dealkylation sites (N-methyl/N-ethyl adjacent to an activating group) is 1. The lowest BCUT2D eigenvalue weighted by molar-refractivity contribution is -0.119. The summed E-state index contributed by atoms with van der Waals surface area (Å²) in [5.74, 6) is -1.82. The van der Waals surface area contributed by atoms with Gasteiger partial charge < -0.3 is 5.32 Å². The molecule has 1 aliphatic heterocycles. The van der Waals surface area contributed by atoms with Gasteiger partial charge in [-0.3, -0.25) is 9.69 Å². The zero-order valence-electron chi connectivity index (χ0n) is 15.4. The van der Waals surface area contributed by atoms with Gasteiger partial charge in [0.25, 0.3) is 5.91 Å². The quantitative estimate of drug-likeness (QED) is 0.470. The van der Waals surface area contributed by atoms with Gasteiger partial charge in [0.2, 0.25) is 9.63 Å². The number of alkyl halides is 4. The van der Waals surface area contributed by atoms with E-state index in [1.54, 1.807) is 30.3 Å². The number of urea groups is 1. The Morgan fingerprint density at radius 2 is 1.63 bits per heavy atom. The second kappa shape index (κ2) is 8.98. The van der Waals surface area contributed by atoms with Crippen LogP contribution in [-0.4, -0.2) is 45.1 Å². The van der Waals surface area contributed by atoms with E-state index in [1.807, 2.05) is 0 Å². The fraction of sp³-hybridized carbons (Fsp3) is 0.211. The summed E-state index contributed by atoms with van der Waals surface area (Å²) in [7, 11) is 1.26. The molecule has 3 amide bonds. The van der Waals surface area contributed by atoms with Gasteiger partial charge in [0.05, 0.1) is 5.69 Å². The highest BCUT2D eigenvalue weighted by atomic mass is 35.6. The minimum Gasteiger partial charge on any atom is -0.362 e. The van der Waals surface area contributed by atoms with Crippen LogP contribution in [0, 0.1) is 5.82 Å². The summed E-state index contributed by atoms with van der Waals surface area (Å²) in [5, 5.41) is 1.73. The first-order valence-corrected chi connectivity index (χ1v) is 10.1. The van der Waals surface area contributed by atoms with E-state index in [2.05, 4.69) is 10.3 Å². The van der Waals surface area contributed by atoms with Gasteiger partial charge in [-0.1, -0.05) is 65.1 Å². The second-order valence-electron chi connectivity index (χ2n) is 6.28. The van der Waals surface area contributed by atoms with E-state index in [4.69, 9.17) is 46.4 Å². The third-order valence-electron chi connectivity index (χ3n) is 4.22. The third-order valence-corrected chi connectivity index (χ3v) is 5.83. The molecule has 1 fully saturated rings. The number of anilines is 2. The Morgan fingerprint density at radius 3 is 2.23 bits per heavy atom. The summed E-state index contributed by atoms with van der Waals surface area (Å²) >= 11 is 24.2. The van der Waals surface area contributed by atoms with Crippen LogP contribution in [0.5, 0.6) is 0 Å². The molecule has 1 saturated heterocycles. The van der Waals surface area contributed by atoms with Crippen LogP contribution in [0.1, 0.15) is 0 Å². The molecule has 1 N–H and O–H groups in total. The van der Waals surface area contributed by atoms with Crippen LogP contribution in [0.2, 0.25) is 0 Å². The molecule has 1 heterocycles. The lowest BCUT2D eigenvalue weighted by Gasteiger charge is -2.27.